The molecule has 0 bridgehead atoms. The van der Waals surface area contributed by atoms with Gasteiger partial charge in [-0.2, -0.15) is 7.11 Å². The van der Waals surface area contributed by atoms with Crippen molar-refractivity contribution in [2.24, 2.45) is 5.73 Å². The number of H-pyrrole nitrogens is 3. The van der Waals surface area contributed by atoms with Crippen molar-refractivity contribution in [3.05, 3.63) is 246 Å². The summed E-state index contributed by atoms with van der Waals surface area (Å²) in [6, 6.07) is 13.0. The summed E-state index contributed by atoms with van der Waals surface area (Å²) in [7, 11) is 6.28. The van der Waals surface area contributed by atoms with Crippen molar-refractivity contribution in [2.75, 3.05) is 94.0 Å². The first kappa shape index (κ1) is 178. The fraction of sp³-hybridized carbons (Fsp3) is 0.483. The van der Waals surface area contributed by atoms with Crippen molar-refractivity contribution >= 4 is 181 Å². The zero-order valence-electron chi connectivity index (χ0n) is 86.2. The van der Waals surface area contributed by atoms with Gasteiger partial charge < -0.3 is 127 Å². The van der Waals surface area contributed by atoms with Gasteiger partial charge in [-0.05, 0) is 264 Å². The average Bonchev–Trinajstić information content (AvgIpc) is 0.949. The van der Waals surface area contributed by atoms with Gasteiger partial charge in [-0.15, -0.1) is 16.4 Å². The second-order valence-electron chi connectivity index (χ2n) is 26.3. The van der Waals surface area contributed by atoms with E-state index in [-0.39, 0.29) is 228 Å². The van der Waals surface area contributed by atoms with E-state index in [0.717, 1.165) is 94.2 Å². The third-order valence-corrected chi connectivity index (χ3v) is 17.4. The zero-order chi connectivity index (χ0) is 110. The molecule has 2 fully saturated rings. The van der Waals surface area contributed by atoms with Crippen molar-refractivity contribution in [2.45, 2.75) is 211 Å². The number of aliphatic hydroxyl groups is 1. The molecule has 10 N–H and O–H groups in total. The predicted octanol–water partition coefficient (Wildman–Crippen LogP) is 10.4. The Morgan fingerprint density at radius 1 is 0.603 bits per heavy atom. The number of ether oxygens (including phenoxy) is 7. The normalized spacial score (nSPS) is 10.1. The minimum atomic E-state index is -3.69. The van der Waals surface area contributed by atoms with E-state index in [4.69, 9.17) is 148 Å². The average molecular weight is 2410 g/mol. The van der Waals surface area contributed by atoms with Crippen molar-refractivity contribution in [3.8, 4) is 17.6 Å². The summed E-state index contributed by atoms with van der Waals surface area (Å²) in [5.74, 6) is 0.696. The maximum Gasteiger partial charge on any atom is 1.00 e. The number of nitrogen functional groups attached to an aromatic ring is 1. The number of carbonyl (C=O) groups excluding carboxylic acids is 4. The van der Waals surface area contributed by atoms with Crippen LogP contribution in [0.2, 0.25) is 5.15 Å². The molecule has 0 aliphatic carbocycles. The van der Waals surface area contributed by atoms with Gasteiger partial charge in [0.25, 0.3) is 41.1 Å². The van der Waals surface area contributed by atoms with Gasteiger partial charge >= 0.3 is 193 Å². The van der Waals surface area contributed by atoms with Crippen LogP contribution in [0.3, 0.4) is 0 Å². The number of rotatable bonds is 14. The quantitative estimate of drug-likeness (QED) is 0.00408. The third-order valence-electron chi connectivity index (χ3n) is 15.8. The van der Waals surface area contributed by atoms with Crippen LogP contribution in [0, 0.1) is 158 Å². The molecule has 146 heavy (non-hydrogen) atoms. The number of thioether (sulfide) groups is 1. The van der Waals surface area contributed by atoms with Crippen LogP contribution >= 0.6 is 107 Å². The maximum atomic E-state index is 11.0. The van der Waals surface area contributed by atoms with E-state index in [0.29, 0.717) is 77.8 Å². The number of halogens is 6. The molecule has 2 saturated heterocycles. The second kappa shape index (κ2) is 107. The predicted molar refractivity (Wildman–Crippen MR) is 578 cm³/mol. The third kappa shape index (κ3) is 105. The number of hydrogen-bond acceptors (Lipinski definition) is 35. The summed E-state index contributed by atoms with van der Waals surface area (Å²) in [5.41, 5.74) is 21.9. The molecular formula is C89H141Cl6KN16Na2O26PPdS4-. The summed E-state index contributed by atoms with van der Waals surface area (Å²) in [5, 5.41) is 73.0. The standard InChI is InChI=1S/C11H15NO2S2.C8H10N2O3.C8H12N2O.C8H8N2O.C7H7ClN2O2.C7H8N2O3.C7H9NO.C5H11N.C5H8O2.2C4H8O.C3H4N2O.C3H6O2.C3H6OS2.CH4O.CH3O.3CH4.CH3.Cl5P.K.HNO3.2Na.Pd/c1-5-14-11(15)16-9-6-7(2)8(3)12-10(9)13-4;1-5-4-7(10(11)12)8(13-3)9-6(5)2;1-5-4-7(9)8(11-3)10-6(5)2;1-5-4-7(9-3)8(11)10-6(5)2;1-4-3-6(10(11)12)7(8)9-5(4)2;1-4-3-6(9(11)12)7(10)8-5(4)2;1-5-3-4-7(9)8-6(5)2;1-2-4-6-5-3-1;1-4(3-6)5(2)7;1-2-4-5-3-1;1-3-4(2)5;1-5-2-3(4)6;1-2-5-3-4;1-2-4-3(5)6;2*1-2;;;;;1-6(2,3,4)5;;2-1(3)4;;;/h6H,5H2,1-4H3;4H,1-3H3;4H,9H2,1-3H3;4H,1-2H3,(H,10,11);3H,1-2H3;3H,1-2H3,(H,8,10);3-4H,1-2H3,(H,8,9);6H,1-5H2;3,6H,1-2H3;1-4H2;3H2,1-2H3;2H2,(H2,4,6);3H,2H2,1H3;2H2,1H3,(H,5,6);2H,1H3;1H3;3*1H4;1H3;;;(H,2,3,4);;;/q;;;;;;;;;;;;;;;-1;;;;-1;;+1;;2*+1;/p-2/b;;;;;;;;4-3+;;;;;;;;;;;;;;;;;. The van der Waals surface area contributed by atoms with Gasteiger partial charge in [0.05, 0.1) is 73.1 Å². The number of Topliss-reactive ketones (excluding diaryl/α,β-unsaturated/α-hetero) is 2. The van der Waals surface area contributed by atoms with Crippen molar-refractivity contribution < 1.29 is 224 Å². The number of anilines is 1. The number of ketones is 2. The van der Waals surface area contributed by atoms with E-state index in [1.165, 1.54) is 102 Å². The number of nitrogens with one attached hydrogen (secondary N) is 4. The molecule has 2 aliphatic heterocycles. The summed E-state index contributed by atoms with van der Waals surface area (Å²) in [6.45, 7) is 56.7. The van der Waals surface area contributed by atoms with Crippen molar-refractivity contribution in [1.82, 2.24) is 40.2 Å². The summed E-state index contributed by atoms with van der Waals surface area (Å²) in [4.78, 5) is 140. The number of amides is 1. The number of aliphatic hydroxyl groups excluding tert-OH is 1. The minimum Gasteiger partial charge on any atom is -0.363 e. The largest absolute Gasteiger partial charge is 1.00 e. The Kier molecular flexibility index (Phi) is 131. The molecule has 2 aliphatic rings. The first-order chi connectivity index (χ1) is 64.0. The van der Waals surface area contributed by atoms with E-state index in [1.807, 2.05) is 94.4 Å². The number of hydrogen-bond donors (Lipinski definition) is 8. The SMILES string of the molecule is C.C.C.C1CCNCC1.C1CCOC1.CC(=O)/C(C)=C/[O-].CCC(C)=O.CCOC(=S)Sc1cc(C)c(C)nc1OC.CCOC(=S)[S-].CCOC=O.CO.COc1nc(C)c(C)cc1N.COc1nc(C)c(C)cc1[N+](=O)[O-].C[O-].Cc1cc([N+](=O)[O-])c(=O)[nH]c1C.Cc1cc([N+](=O)[O-])c(Cl)nc1C.Cc1ccc(=O)[nH]c1C.ClP(Cl)(Cl)(Cl)Cl.O=[N+]([O-])O.[C-]#[N+]CC(N)=O.[C-]#[N+]c1cc(C)c(C)[nH]c1=O.[CH3-].[K+].[Na+].[Na+].[Pd]. The van der Waals surface area contributed by atoms with Gasteiger partial charge in [0.1, 0.15) is 5.78 Å². The molecule has 9 heterocycles. The minimum absolute atomic E-state index is 0. The Morgan fingerprint density at radius 2 is 0.973 bits per heavy atom. The van der Waals surface area contributed by atoms with Gasteiger partial charge in [0, 0.05) is 116 Å². The summed E-state index contributed by atoms with van der Waals surface area (Å²) < 4.78 is 30.9. The van der Waals surface area contributed by atoms with Gasteiger partial charge in [-0.25, -0.2) is 31.4 Å². The number of aromatic amines is 3. The van der Waals surface area contributed by atoms with E-state index < -0.39 is 40.4 Å². The van der Waals surface area contributed by atoms with Crippen LogP contribution < -0.4 is 168 Å². The van der Waals surface area contributed by atoms with Gasteiger partial charge in [0.15, 0.2) is 5.78 Å². The molecular weight excluding hydrogens is 2270 g/mol. The summed E-state index contributed by atoms with van der Waals surface area (Å²) in [6.07, 6.45) is 8.00. The Balaban J connectivity index is -0.0000000816. The van der Waals surface area contributed by atoms with Gasteiger partial charge in [0.2, 0.25) is 26.9 Å². The number of piperidine rings is 1. The number of allylic oxidation sites excluding steroid dienone is 1. The number of methoxy groups -OCH3 is 3. The van der Waals surface area contributed by atoms with Crippen molar-refractivity contribution in [3.63, 3.8) is 0 Å². The van der Waals surface area contributed by atoms with E-state index in [9.17, 15) is 69.0 Å². The molecule has 9 rings (SSSR count). The molecule has 7 aromatic heterocycles. The van der Waals surface area contributed by atoms with E-state index in [1.54, 1.807) is 75.7 Å². The van der Waals surface area contributed by atoms with Crippen LogP contribution in [0.5, 0.6) is 17.6 Å². The number of nitrogens with two attached hydrogens (primary N) is 2. The fourth-order valence-electron chi connectivity index (χ4n) is 7.67. The van der Waals surface area contributed by atoms with E-state index in [2.05, 4.69) is 89.9 Å². The van der Waals surface area contributed by atoms with Gasteiger partial charge in [-0.1, -0.05) is 53.3 Å². The Labute approximate surface area is 1010 Å². The van der Waals surface area contributed by atoms with Crippen molar-refractivity contribution in [1.29, 1.82) is 0 Å². The molecule has 7 aromatic rings. The fourth-order valence-corrected chi connectivity index (χ4v) is 9.36. The van der Waals surface area contributed by atoms with Crippen LogP contribution in [-0.2, 0) is 71.2 Å². The van der Waals surface area contributed by atoms with Crippen LogP contribution in [0.4, 0.5) is 28.4 Å². The molecule has 0 radical (unpaired) electrons. The number of aromatic nitrogens is 7. The molecule has 0 aromatic carbocycles. The molecule has 0 saturated carbocycles. The Morgan fingerprint density at radius 3 is 1.25 bits per heavy atom. The number of carbonyl (C=O) groups is 4. The maximum absolute atomic E-state index is 11.0. The number of nitrogens with zero attached hydrogens (tertiary/aromatic N) is 10. The molecule has 0 spiro atoms. The Hall–Kier alpha value is -6.49. The number of nitro groups is 3. The zero-order valence-corrected chi connectivity index (χ0v) is 104. The first-order valence-corrected chi connectivity index (χ1v) is 49.3. The molecule has 42 nitrogen and oxygen atoms in total. The number of aryl methyl sites for hydroxylation is 14. The Bertz CT molecular complexity index is 5170. The monoisotopic (exact) mass is 2410 g/mol. The number of primary amides is 1. The van der Waals surface area contributed by atoms with Crippen LogP contribution in [-0.4, -0.2) is 186 Å². The van der Waals surface area contributed by atoms with E-state index >= 15 is 0 Å². The van der Waals surface area contributed by atoms with Crippen LogP contribution in [0.25, 0.3) is 9.69 Å². The topological polar surface area (TPSA) is 615 Å². The second-order valence-corrected chi connectivity index (χ2v) is 45.9. The molecule has 0 atom stereocenters. The first-order valence-electron chi connectivity index (χ1n) is 40.1. The molecule has 0 unspecified atom stereocenters. The summed E-state index contributed by atoms with van der Waals surface area (Å²) >= 11 is 45.6. The smallest absolute Gasteiger partial charge is 0.363 e. The van der Waals surface area contributed by atoms with Crippen LogP contribution in [0.1, 0.15) is 188 Å². The number of pyridine rings is 7. The van der Waals surface area contributed by atoms with Gasteiger partial charge in [-0.3, -0.25) is 59.1 Å². The number of thiocarbonyl (C=S) groups is 2. The molecule has 818 valence electrons. The molecule has 57 heteroatoms. The van der Waals surface area contributed by atoms with Crippen LogP contribution in [0.15, 0.2) is 79.6 Å². The molecule has 1 amide bonds.